The third-order valence-electron chi connectivity index (χ3n) is 4.74. The smallest absolute Gasteiger partial charge is 0.414 e. The number of nitrogens with zero attached hydrogens (tertiary/aromatic N) is 3. The molecule has 158 valence electrons. The number of hydrazine groups is 1. The summed E-state index contributed by atoms with van der Waals surface area (Å²) in [5, 5.41) is 4.33. The highest BCUT2D eigenvalue weighted by Gasteiger charge is 2.34. The molecule has 11 heteroatoms. The number of hydrogen-bond donors (Lipinski definition) is 2. The van der Waals surface area contributed by atoms with E-state index in [4.69, 9.17) is 17.0 Å². The molecule has 8 nitrogen and oxygen atoms in total. The van der Waals surface area contributed by atoms with Crippen LogP contribution in [0.15, 0.2) is 12.1 Å². The first-order chi connectivity index (χ1) is 13.8. The zero-order valence-corrected chi connectivity index (χ0v) is 17.0. The molecule has 1 atom stereocenters. The Kier molecular flexibility index (Phi) is 6.48. The van der Waals surface area contributed by atoms with Gasteiger partial charge in [-0.05, 0) is 6.92 Å². The minimum absolute atomic E-state index is 0.0726. The molecule has 2 aliphatic rings. The Morgan fingerprint density at radius 1 is 1.28 bits per heavy atom. The maximum Gasteiger partial charge on any atom is 0.414 e. The molecule has 29 heavy (non-hydrogen) atoms. The lowest BCUT2D eigenvalue weighted by Crippen LogP contribution is -2.41. The first-order valence-electron chi connectivity index (χ1n) is 9.24. The minimum Gasteiger partial charge on any atom is -0.442 e. The number of nitrogens with one attached hydrogen (secondary N) is 2. The Balaban J connectivity index is 1.75. The van der Waals surface area contributed by atoms with Crippen LogP contribution in [0.5, 0.6) is 0 Å². The van der Waals surface area contributed by atoms with Gasteiger partial charge in [0.2, 0.25) is 5.91 Å². The van der Waals surface area contributed by atoms with Crippen LogP contribution >= 0.6 is 12.2 Å². The van der Waals surface area contributed by atoms with Crippen LogP contribution in [0.4, 0.5) is 25.0 Å². The number of thiocarbonyl (C=S) groups is 1. The van der Waals surface area contributed by atoms with Crippen LogP contribution in [0.25, 0.3) is 0 Å². The van der Waals surface area contributed by atoms with E-state index >= 15 is 0 Å². The highest BCUT2D eigenvalue weighted by Crippen LogP contribution is 2.31. The predicted octanol–water partition coefficient (Wildman–Crippen LogP) is 1.40. The van der Waals surface area contributed by atoms with Gasteiger partial charge in [-0.15, -0.1) is 0 Å². The third kappa shape index (κ3) is 4.91. The van der Waals surface area contributed by atoms with Crippen LogP contribution in [-0.2, 0) is 9.53 Å². The summed E-state index contributed by atoms with van der Waals surface area (Å²) in [7, 11) is 0. The number of anilines is 2. The van der Waals surface area contributed by atoms with Gasteiger partial charge in [-0.1, -0.05) is 12.2 Å². The van der Waals surface area contributed by atoms with Gasteiger partial charge in [-0.3, -0.25) is 9.69 Å². The molecule has 0 radical (unpaired) electrons. The van der Waals surface area contributed by atoms with Crippen molar-refractivity contribution in [2.75, 3.05) is 49.1 Å². The highest BCUT2D eigenvalue weighted by molar-refractivity contribution is 7.80. The van der Waals surface area contributed by atoms with Gasteiger partial charge in [-0.2, -0.15) is 0 Å². The average Bonchev–Trinajstić information content (AvgIpc) is 2.85. The average molecular weight is 427 g/mol. The zero-order chi connectivity index (χ0) is 21.1. The lowest BCUT2D eigenvalue weighted by atomic mass is 10.2. The van der Waals surface area contributed by atoms with Crippen molar-refractivity contribution in [2.45, 2.75) is 20.0 Å². The maximum atomic E-state index is 14.8. The normalized spacial score (nSPS) is 19.8. The fourth-order valence-electron chi connectivity index (χ4n) is 3.33. The summed E-state index contributed by atoms with van der Waals surface area (Å²) in [6, 6.07) is 2.25. The van der Waals surface area contributed by atoms with Crippen LogP contribution in [0.3, 0.4) is 0 Å². The van der Waals surface area contributed by atoms with Gasteiger partial charge in [0, 0.05) is 38.7 Å². The molecule has 0 bridgehead atoms. The monoisotopic (exact) mass is 427 g/mol. The van der Waals surface area contributed by atoms with Gasteiger partial charge < -0.3 is 20.0 Å². The number of carbonyl (C=O) groups excluding carboxylic acids is 2. The molecule has 2 saturated heterocycles. The standard InChI is InChI=1S/C18H23F2N5O3S/c1-11(26)21-9-14-10-24(18(27)28-14)13-7-15(19)17(16(20)8-13)23-4-3-22-25(6-5-23)12(2)29/h7-8,14,22H,3-6,9-10H2,1-2H3,(H,21,26)/t14-/m0/s1. The zero-order valence-electron chi connectivity index (χ0n) is 16.2. The Labute approximate surface area is 172 Å². The molecule has 0 spiro atoms. The van der Waals surface area contributed by atoms with E-state index in [1.54, 1.807) is 16.8 Å². The van der Waals surface area contributed by atoms with Crippen molar-refractivity contribution in [2.24, 2.45) is 0 Å². The molecule has 2 amide bonds. The molecule has 2 heterocycles. The summed E-state index contributed by atoms with van der Waals surface area (Å²) in [4.78, 5) is 26.5. The summed E-state index contributed by atoms with van der Waals surface area (Å²) < 4.78 is 34.8. The number of halogens is 2. The van der Waals surface area contributed by atoms with E-state index < -0.39 is 23.8 Å². The highest BCUT2D eigenvalue weighted by atomic mass is 32.1. The van der Waals surface area contributed by atoms with E-state index in [0.29, 0.717) is 31.2 Å². The van der Waals surface area contributed by atoms with Gasteiger partial charge >= 0.3 is 6.09 Å². The number of benzene rings is 1. The van der Waals surface area contributed by atoms with Crippen molar-refractivity contribution < 1.29 is 23.1 Å². The third-order valence-corrected chi connectivity index (χ3v) is 4.96. The second-order valence-electron chi connectivity index (χ2n) is 6.88. The fraction of sp³-hybridized carbons (Fsp3) is 0.500. The van der Waals surface area contributed by atoms with Gasteiger partial charge in [0.05, 0.1) is 30.3 Å². The topological polar surface area (TPSA) is 77.2 Å². The molecule has 0 unspecified atom stereocenters. The number of carbonyl (C=O) groups is 2. The second kappa shape index (κ2) is 8.87. The second-order valence-corrected chi connectivity index (χ2v) is 7.47. The molecular weight excluding hydrogens is 404 g/mol. The van der Waals surface area contributed by atoms with E-state index in [0.717, 1.165) is 17.0 Å². The number of hydrogen-bond acceptors (Lipinski definition) is 6. The maximum absolute atomic E-state index is 14.8. The van der Waals surface area contributed by atoms with E-state index in [2.05, 4.69) is 10.7 Å². The molecule has 0 aromatic heterocycles. The Morgan fingerprint density at radius 3 is 2.59 bits per heavy atom. The van der Waals surface area contributed by atoms with E-state index in [1.165, 1.54) is 6.92 Å². The number of rotatable bonds is 4. The van der Waals surface area contributed by atoms with Gasteiger partial charge in [0.1, 0.15) is 11.8 Å². The van der Waals surface area contributed by atoms with Crippen LogP contribution in [0, 0.1) is 11.6 Å². The van der Waals surface area contributed by atoms with E-state index in [1.807, 2.05) is 0 Å². The lowest BCUT2D eigenvalue weighted by Gasteiger charge is -2.25. The molecule has 0 aliphatic carbocycles. The van der Waals surface area contributed by atoms with Crippen molar-refractivity contribution in [3.8, 4) is 0 Å². The SMILES string of the molecule is CC(=O)NC[C@H]1CN(c2cc(F)c(N3CCNN(C(C)=S)CC3)c(F)c2)C(=O)O1. The predicted molar refractivity (Wildman–Crippen MR) is 108 cm³/mol. The molecule has 1 aromatic rings. The van der Waals surface area contributed by atoms with Crippen LogP contribution in [0.2, 0.25) is 0 Å². The van der Waals surface area contributed by atoms with Crippen LogP contribution < -0.4 is 20.5 Å². The molecule has 1 aromatic carbocycles. The largest absolute Gasteiger partial charge is 0.442 e. The van der Waals surface area contributed by atoms with Gasteiger partial charge in [0.25, 0.3) is 0 Å². The lowest BCUT2D eigenvalue weighted by molar-refractivity contribution is -0.119. The Hall–Kier alpha value is -2.53. The molecule has 0 saturated carbocycles. The molecule has 2 aliphatic heterocycles. The quantitative estimate of drug-likeness (QED) is 0.704. The summed E-state index contributed by atoms with van der Waals surface area (Å²) in [6.45, 7) is 5.11. The van der Waals surface area contributed by atoms with Crippen LogP contribution in [-0.4, -0.2) is 67.4 Å². The molecule has 2 N–H and O–H groups in total. The minimum atomic E-state index is -0.759. The number of ether oxygens (including phenoxy) is 1. The summed E-state index contributed by atoms with van der Waals surface area (Å²) in [6.07, 6.45) is -1.30. The Morgan fingerprint density at radius 2 is 1.97 bits per heavy atom. The van der Waals surface area contributed by atoms with Crippen LogP contribution in [0.1, 0.15) is 13.8 Å². The molecule has 2 fully saturated rings. The number of amides is 2. The first-order valence-corrected chi connectivity index (χ1v) is 9.65. The van der Waals surface area contributed by atoms with Crippen molar-refractivity contribution in [1.29, 1.82) is 0 Å². The fourth-order valence-corrected chi connectivity index (χ4v) is 3.49. The Bertz CT molecular complexity index is 802. The van der Waals surface area contributed by atoms with Crippen molar-refractivity contribution in [3.05, 3.63) is 23.8 Å². The van der Waals surface area contributed by atoms with E-state index in [9.17, 15) is 18.4 Å². The first kappa shape index (κ1) is 21.2. The number of cyclic esters (lactones) is 1. The van der Waals surface area contributed by atoms with Crippen molar-refractivity contribution in [1.82, 2.24) is 15.8 Å². The summed E-state index contributed by atoms with van der Waals surface area (Å²) in [5.41, 5.74) is 3.05. The van der Waals surface area contributed by atoms with Crippen molar-refractivity contribution in [3.63, 3.8) is 0 Å². The van der Waals surface area contributed by atoms with Crippen molar-refractivity contribution >= 4 is 40.6 Å². The summed E-state index contributed by atoms with van der Waals surface area (Å²) in [5.74, 6) is -1.77. The molecule has 3 rings (SSSR count). The summed E-state index contributed by atoms with van der Waals surface area (Å²) >= 11 is 5.14. The van der Waals surface area contributed by atoms with Gasteiger partial charge in [-0.25, -0.2) is 19.0 Å². The molecular formula is C18H23F2N5O3S. The van der Waals surface area contributed by atoms with Gasteiger partial charge in [0.15, 0.2) is 11.6 Å². The van der Waals surface area contributed by atoms with E-state index in [-0.39, 0.29) is 30.4 Å².